The Morgan fingerprint density at radius 1 is 1.18 bits per heavy atom. The number of nitrogens with zero attached hydrogens (tertiary/aromatic N) is 2. The summed E-state index contributed by atoms with van der Waals surface area (Å²) < 4.78 is 0. The number of benzene rings is 1. The van der Waals surface area contributed by atoms with E-state index >= 15 is 0 Å². The van der Waals surface area contributed by atoms with Crippen molar-refractivity contribution in [2.24, 2.45) is 0 Å². The average Bonchev–Trinajstić information content (AvgIpc) is 3.36. The minimum absolute atomic E-state index is 0.263. The molecule has 136 valence electrons. The van der Waals surface area contributed by atoms with Crippen molar-refractivity contribution in [3.8, 4) is 11.8 Å². The van der Waals surface area contributed by atoms with E-state index in [4.69, 9.17) is 0 Å². The van der Waals surface area contributed by atoms with Crippen LogP contribution in [0.4, 0.5) is 17.2 Å². The van der Waals surface area contributed by atoms with E-state index in [1.165, 1.54) is 12.4 Å². The lowest BCUT2D eigenvalue weighted by Gasteiger charge is -2.08. The molecule has 0 atom stereocenters. The van der Waals surface area contributed by atoms with Gasteiger partial charge in [0.1, 0.15) is 17.8 Å². The van der Waals surface area contributed by atoms with E-state index in [2.05, 4.69) is 44.0 Å². The van der Waals surface area contributed by atoms with Crippen LogP contribution in [0.2, 0.25) is 0 Å². The summed E-state index contributed by atoms with van der Waals surface area (Å²) in [5.41, 5.74) is 3.89. The molecule has 0 aliphatic carbocycles. The zero-order valence-corrected chi connectivity index (χ0v) is 15.5. The van der Waals surface area contributed by atoms with E-state index in [9.17, 15) is 4.79 Å². The first-order valence-corrected chi connectivity index (χ1v) is 9.34. The zero-order chi connectivity index (χ0) is 19.3. The van der Waals surface area contributed by atoms with Crippen LogP contribution in [-0.4, -0.2) is 20.9 Å². The number of aromatic amines is 1. The molecule has 0 saturated heterocycles. The summed E-state index contributed by atoms with van der Waals surface area (Å²) >= 11 is 1.61. The van der Waals surface area contributed by atoms with Gasteiger partial charge in [-0.3, -0.25) is 4.79 Å². The van der Waals surface area contributed by atoms with Crippen molar-refractivity contribution in [3.05, 3.63) is 77.4 Å². The number of carbonyl (C=O) groups is 1. The lowest BCUT2D eigenvalue weighted by molar-refractivity contribution is -0.111. The van der Waals surface area contributed by atoms with Crippen molar-refractivity contribution < 1.29 is 4.79 Å². The molecule has 0 unspecified atom stereocenters. The molecule has 28 heavy (non-hydrogen) atoms. The topological polar surface area (TPSA) is 82.7 Å². The van der Waals surface area contributed by atoms with Gasteiger partial charge in [0.2, 0.25) is 5.91 Å². The Kier molecular flexibility index (Phi) is 4.87. The number of fused-ring (bicyclic) bond motifs is 1. The van der Waals surface area contributed by atoms with Gasteiger partial charge in [0.25, 0.3) is 0 Å². The number of anilines is 3. The number of rotatable bonds is 4. The maximum atomic E-state index is 11.5. The SMILES string of the molecule is C=CC(=O)Nc1cccc(Nc2ncnc3[nH]c(C#Cc4ccsc4)cc23)c1. The molecule has 0 fully saturated rings. The molecule has 1 aromatic carbocycles. The summed E-state index contributed by atoms with van der Waals surface area (Å²) in [5, 5.41) is 10.8. The van der Waals surface area contributed by atoms with Gasteiger partial charge in [-0.2, -0.15) is 11.3 Å². The van der Waals surface area contributed by atoms with Gasteiger partial charge in [0, 0.05) is 22.3 Å². The van der Waals surface area contributed by atoms with Crippen LogP contribution in [0.25, 0.3) is 11.0 Å². The minimum Gasteiger partial charge on any atom is -0.340 e. The molecule has 3 aromatic heterocycles. The number of nitrogens with one attached hydrogen (secondary N) is 3. The highest BCUT2D eigenvalue weighted by molar-refractivity contribution is 7.08. The van der Waals surface area contributed by atoms with Gasteiger partial charge in [0.05, 0.1) is 11.1 Å². The van der Waals surface area contributed by atoms with Crippen molar-refractivity contribution >= 4 is 45.5 Å². The second-order valence-corrected chi connectivity index (χ2v) is 6.61. The summed E-state index contributed by atoms with van der Waals surface area (Å²) in [6, 6.07) is 11.2. The van der Waals surface area contributed by atoms with Crippen molar-refractivity contribution in [1.29, 1.82) is 0 Å². The van der Waals surface area contributed by atoms with Gasteiger partial charge in [-0.1, -0.05) is 18.6 Å². The number of hydrogen-bond acceptors (Lipinski definition) is 5. The molecular weight excluding hydrogens is 370 g/mol. The third-order valence-corrected chi connectivity index (χ3v) is 4.55. The highest BCUT2D eigenvalue weighted by Crippen LogP contribution is 2.25. The number of hydrogen-bond donors (Lipinski definition) is 3. The summed E-state index contributed by atoms with van der Waals surface area (Å²) in [7, 11) is 0. The first kappa shape index (κ1) is 17.5. The molecule has 0 saturated carbocycles. The number of carbonyl (C=O) groups excluding carboxylic acids is 1. The average molecular weight is 385 g/mol. The fourth-order valence-corrected chi connectivity index (χ4v) is 3.17. The van der Waals surface area contributed by atoms with Crippen LogP contribution >= 0.6 is 11.3 Å². The molecule has 3 heterocycles. The van der Waals surface area contributed by atoms with E-state index in [1.54, 1.807) is 17.4 Å². The van der Waals surface area contributed by atoms with Gasteiger partial charge in [-0.05, 0) is 47.7 Å². The maximum Gasteiger partial charge on any atom is 0.247 e. The van der Waals surface area contributed by atoms with Crippen molar-refractivity contribution in [2.75, 3.05) is 10.6 Å². The largest absolute Gasteiger partial charge is 0.340 e. The lowest BCUT2D eigenvalue weighted by Crippen LogP contribution is -2.07. The van der Waals surface area contributed by atoms with Crippen LogP contribution in [0.3, 0.4) is 0 Å². The number of thiophene rings is 1. The van der Waals surface area contributed by atoms with Crippen molar-refractivity contribution in [1.82, 2.24) is 15.0 Å². The summed E-state index contributed by atoms with van der Waals surface area (Å²) in [6.45, 7) is 3.46. The van der Waals surface area contributed by atoms with Gasteiger partial charge in [0.15, 0.2) is 0 Å². The molecule has 0 radical (unpaired) electrons. The fourth-order valence-electron chi connectivity index (χ4n) is 2.59. The molecule has 0 bridgehead atoms. The third kappa shape index (κ3) is 3.92. The molecule has 1 amide bonds. The predicted molar refractivity (Wildman–Crippen MR) is 113 cm³/mol. The van der Waals surface area contributed by atoms with Gasteiger partial charge in [-0.25, -0.2) is 9.97 Å². The molecule has 0 spiro atoms. The molecule has 4 aromatic rings. The minimum atomic E-state index is -0.263. The van der Waals surface area contributed by atoms with Crippen LogP contribution in [-0.2, 0) is 4.79 Å². The zero-order valence-electron chi connectivity index (χ0n) is 14.7. The first-order chi connectivity index (χ1) is 13.7. The van der Waals surface area contributed by atoms with Crippen LogP contribution in [0.15, 0.2) is 66.1 Å². The third-order valence-electron chi connectivity index (χ3n) is 3.87. The van der Waals surface area contributed by atoms with E-state index in [0.717, 1.165) is 22.3 Å². The normalized spacial score (nSPS) is 10.1. The molecular formula is C21H15N5OS. The van der Waals surface area contributed by atoms with E-state index in [-0.39, 0.29) is 5.91 Å². The molecule has 6 nitrogen and oxygen atoms in total. The molecule has 0 aliphatic rings. The summed E-state index contributed by atoms with van der Waals surface area (Å²) in [5.74, 6) is 6.62. The predicted octanol–water partition coefficient (Wildman–Crippen LogP) is 4.29. The lowest BCUT2D eigenvalue weighted by atomic mass is 10.2. The quantitative estimate of drug-likeness (QED) is 0.362. The van der Waals surface area contributed by atoms with Gasteiger partial charge >= 0.3 is 0 Å². The molecule has 7 heteroatoms. The Bertz CT molecular complexity index is 1210. The standard InChI is InChI=1S/C21H15N5OS/c1-2-19(27)24-15-4-3-5-16(10-15)25-20-18-11-17(26-21(18)23-13-22-20)7-6-14-8-9-28-12-14/h2-5,8-13H,1H2,(H,24,27)(H2,22,23,25,26). The van der Waals surface area contributed by atoms with E-state index in [0.29, 0.717) is 17.2 Å². The molecule has 0 aliphatic heterocycles. The van der Waals surface area contributed by atoms with Crippen molar-refractivity contribution in [2.45, 2.75) is 0 Å². The van der Waals surface area contributed by atoms with Gasteiger partial charge < -0.3 is 15.6 Å². The second kappa shape index (κ2) is 7.78. The molecule has 4 rings (SSSR count). The first-order valence-electron chi connectivity index (χ1n) is 8.40. The van der Waals surface area contributed by atoms with Crippen LogP contribution < -0.4 is 10.6 Å². The Morgan fingerprint density at radius 3 is 2.89 bits per heavy atom. The van der Waals surface area contributed by atoms with E-state index in [1.807, 2.05) is 41.1 Å². The number of aromatic nitrogens is 3. The van der Waals surface area contributed by atoms with Gasteiger partial charge in [-0.15, -0.1) is 0 Å². The fraction of sp³-hybridized carbons (Fsp3) is 0. The Balaban J connectivity index is 1.61. The summed E-state index contributed by atoms with van der Waals surface area (Å²) in [6.07, 6.45) is 2.72. The van der Waals surface area contributed by atoms with Crippen molar-refractivity contribution in [3.63, 3.8) is 0 Å². The number of H-pyrrole nitrogens is 1. The number of amides is 1. The molecule has 3 N–H and O–H groups in total. The highest BCUT2D eigenvalue weighted by Gasteiger charge is 2.08. The Morgan fingerprint density at radius 2 is 2.07 bits per heavy atom. The smallest absolute Gasteiger partial charge is 0.247 e. The van der Waals surface area contributed by atoms with Crippen LogP contribution in [0.1, 0.15) is 11.3 Å². The Hall–Kier alpha value is -3.89. The van der Waals surface area contributed by atoms with E-state index < -0.39 is 0 Å². The monoisotopic (exact) mass is 385 g/mol. The Labute approximate surface area is 165 Å². The maximum absolute atomic E-state index is 11.5. The van der Waals surface area contributed by atoms with Crippen LogP contribution in [0, 0.1) is 11.8 Å². The summed E-state index contributed by atoms with van der Waals surface area (Å²) in [4.78, 5) is 23.3. The highest BCUT2D eigenvalue weighted by atomic mass is 32.1. The second-order valence-electron chi connectivity index (χ2n) is 5.83. The van der Waals surface area contributed by atoms with Crippen LogP contribution in [0.5, 0.6) is 0 Å².